The molecule has 7 heteroatoms. The second kappa shape index (κ2) is 8.70. The number of thioether (sulfide) groups is 1. The van der Waals surface area contributed by atoms with Crippen molar-refractivity contribution in [2.45, 2.75) is 43.0 Å². The van der Waals surface area contributed by atoms with E-state index in [9.17, 15) is 13.2 Å². The third-order valence-corrected chi connectivity index (χ3v) is 6.24. The largest absolute Gasteiger partial charge is 0.325 e. The van der Waals surface area contributed by atoms with Gasteiger partial charge < -0.3 is 5.32 Å². The van der Waals surface area contributed by atoms with E-state index in [0.717, 1.165) is 16.0 Å². The van der Waals surface area contributed by atoms with Crippen LogP contribution in [0.2, 0.25) is 0 Å². The van der Waals surface area contributed by atoms with Crippen LogP contribution in [0.25, 0.3) is 0 Å². The number of anilines is 1. The molecule has 0 bridgehead atoms. The predicted octanol–water partition coefficient (Wildman–Crippen LogP) is 4.10. The fourth-order valence-electron chi connectivity index (χ4n) is 2.58. The van der Waals surface area contributed by atoms with Crippen LogP contribution in [0.3, 0.4) is 0 Å². The van der Waals surface area contributed by atoms with E-state index in [0.29, 0.717) is 12.1 Å². The molecule has 0 heterocycles. The lowest BCUT2D eigenvalue weighted by atomic mass is 10.0. The molecule has 0 radical (unpaired) electrons. The topological polar surface area (TPSA) is 75.3 Å². The molecule has 2 rings (SSSR count). The Morgan fingerprint density at radius 3 is 2.35 bits per heavy atom. The maximum Gasteiger partial charge on any atom is 0.241 e. The van der Waals surface area contributed by atoms with Gasteiger partial charge in [0, 0.05) is 17.9 Å². The first kappa shape index (κ1) is 20.5. The molecule has 2 aromatic rings. The zero-order valence-electron chi connectivity index (χ0n) is 15.4. The van der Waals surface area contributed by atoms with Crippen molar-refractivity contribution < 1.29 is 13.2 Å². The summed E-state index contributed by atoms with van der Waals surface area (Å²) in [5, 5.41) is 2.69. The van der Waals surface area contributed by atoms with Crippen LogP contribution < -0.4 is 10.0 Å². The molecule has 0 fully saturated rings. The van der Waals surface area contributed by atoms with Gasteiger partial charge in [-0.15, -0.1) is 11.8 Å². The summed E-state index contributed by atoms with van der Waals surface area (Å²) >= 11 is 1.44. The maximum atomic E-state index is 12.8. The quantitative estimate of drug-likeness (QED) is 0.696. The Bertz CT molecular complexity index is 878. The van der Waals surface area contributed by atoms with Crippen LogP contribution in [-0.2, 0) is 14.8 Å². The molecular weight excluding hydrogens is 368 g/mol. The van der Waals surface area contributed by atoms with Gasteiger partial charge in [-0.3, -0.25) is 4.79 Å². The van der Waals surface area contributed by atoms with Crippen LogP contribution in [0, 0.1) is 6.92 Å². The van der Waals surface area contributed by atoms with Crippen LogP contribution in [0.4, 0.5) is 5.69 Å². The molecule has 0 unspecified atom stereocenters. The number of rotatable bonds is 7. The monoisotopic (exact) mass is 392 g/mol. The minimum atomic E-state index is -3.72. The third-order valence-electron chi connectivity index (χ3n) is 3.98. The predicted molar refractivity (Wildman–Crippen MR) is 107 cm³/mol. The van der Waals surface area contributed by atoms with E-state index >= 15 is 0 Å². The SMILES string of the molecule is CC[C@H](NS(=O)(=O)c1ccc(SC)c(NC(C)=O)c1)c1ccc(C)cc1. The number of nitrogens with one attached hydrogen (secondary N) is 2. The lowest BCUT2D eigenvalue weighted by molar-refractivity contribution is -0.114. The van der Waals surface area contributed by atoms with Crippen molar-refractivity contribution in [2.24, 2.45) is 0 Å². The molecule has 0 aliphatic rings. The maximum absolute atomic E-state index is 12.8. The molecule has 1 atom stereocenters. The van der Waals surface area contributed by atoms with Gasteiger partial charge >= 0.3 is 0 Å². The van der Waals surface area contributed by atoms with Gasteiger partial charge in [0.1, 0.15) is 0 Å². The summed E-state index contributed by atoms with van der Waals surface area (Å²) < 4.78 is 28.5. The van der Waals surface area contributed by atoms with Gasteiger partial charge in [-0.05, 0) is 43.4 Å². The first-order valence-corrected chi connectivity index (χ1v) is 11.0. The molecule has 0 aliphatic carbocycles. The van der Waals surface area contributed by atoms with Crippen LogP contribution in [0.15, 0.2) is 52.3 Å². The van der Waals surface area contributed by atoms with Gasteiger partial charge in [0.15, 0.2) is 0 Å². The number of amides is 1. The summed E-state index contributed by atoms with van der Waals surface area (Å²) in [6.45, 7) is 5.33. The highest BCUT2D eigenvalue weighted by atomic mass is 32.2. The lowest BCUT2D eigenvalue weighted by Crippen LogP contribution is -2.28. The highest BCUT2D eigenvalue weighted by molar-refractivity contribution is 7.98. The highest BCUT2D eigenvalue weighted by Crippen LogP contribution is 2.29. The van der Waals surface area contributed by atoms with Crippen LogP contribution in [0.1, 0.15) is 37.4 Å². The highest BCUT2D eigenvalue weighted by Gasteiger charge is 2.21. The van der Waals surface area contributed by atoms with E-state index in [1.807, 2.05) is 44.4 Å². The molecule has 0 aromatic heterocycles. The first-order valence-electron chi connectivity index (χ1n) is 8.31. The summed E-state index contributed by atoms with van der Waals surface area (Å²) in [5.74, 6) is -0.242. The fourth-order valence-corrected chi connectivity index (χ4v) is 4.45. The summed E-state index contributed by atoms with van der Waals surface area (Å²) in [4.78, 5) is 12.3. The van der Waals surface area contributed by atoms with E-state index in [2.05, 4.69) is 10.0 Å². The van der Waals surface area contributed by atoms with Gasteiger partial charge in [-0.25, -0.2) is 13.1 Å². The van der Waals surface area contributed by atoms with E-state index in [4.69, 9.17) is 0 Å². The van der Waals surface area contributed by atoms with Crippen LogP contribution in [-0.4, -0.2) is 20.6 Å². The van der Waals surface area contributed by atoms with Crippen molar-refractivity contribution >= 4 is 33.4 Å². The third kappa shape index (κ3) is 5.09. The molecule has 0 saturated heterocycles. The Balaban J connectivity index is 2.33. The van der Waals surface area contributed by atoms with Crippen LogP contribution in [0.5, 0.6) is 0 Å². The van der Waals surface area contributed by atoms with E-state index in [1.54, 1.807) is 12.1 Å². The zero-order chi connectivity index (χ0) is 19.3. The normalized spacial score (nSPS) is 12.6. The van der Waals surface area contributed by atoms with Crippen molar-refractivity contribution in [3.8, 4) is 0 Å². The Labute approximate surface area is 159 Å². The smallest absolute Gasteiger partial charge is 0.241 e. The Kier molecular flexibility index (Phi) is 6.86. The minimum Gasteiger partial charge on any atom is -0.325 e. The molecule has 2 aromatic carbocycles. The van der Waals surface area contributed by atoms with Gasteiger partial charge in [0.25, 0.3) is 0 Å². The van der Waals surface area contributed by atoms with Crippen molar-refractivity contribution in [3.05, 3.63) is 53.6 Å². The molecule has 2 N–H and O–H groups in total. The molecule has 1 amide bonds. The summed E-state index contributed by atoms with van der Waals surface area (Å²) in [6, 6.07) is 12.3. The van der Waals surface area contributed by atoms with Gasteiger partial charge in [-0.2, -0.15) is 0 Å². The Morgan fingerprint density at radius 2 is 1.81 bits per heavy atom. The molecule has 0 spiro atoms. The van der Waals surface area contributed by atoms with E-state index in [1.165, 1.54) is 24.8 Å². The number of benzene rings is 2. The standard InChI is InChI=1S/C19H24N2O3S2/c1-5-17(15-8-6-13(2)7-9-15)21-26(23,24)16-10-11-19(25-4)18(12-16)20-14(3)22/h6-12,17,21H,5H2,1-4H3,(H,20,22)/t17-/m0/s1. The van der Waals surface area contributed by atoms with Gasteiger partial charge in [0.05, 0.1) is 10.6 Å². The van der Waals surface area contributed by atoms with E-state index < -0.39 is 10.0 Å². The average Bonchev–Trinajstić information content (AvgIpc) is 2.60. The molecule has 0 saturated carbocycles. The molecule has 5 nitrogen and oxygen atoms in total. The van der Waals surface area contributed by atoms with Crippen molar-refractivity contribution in [3.63, 3.8) is 0 Å². The lowest BCUT2D eigenvalue weighted by Gasteiger charge is -2.18. The molecule has 0 aliphatic heterocycles. The number of hydrogen-bond acceptors (Lipinski definition) is 4. The van der Waals surface area contributed by atoms with Crippen molar-refractivity contribution in [1.29, 1.82) is 0 Å². The summed E-state index contributed by atoms with van der Waals surface area (Å²) in [7, 11) is -3.72. The number of aryl methyl sites for hydroxylation is 1. The Hall–Kier alpha value is -1.83. The van der Waals surface area contributed by atoms with E-state index in [-0.39, 0.29) is 16.8 Å². The van der Waals surface area contributed by atoms with Crippen molar-refractivity contribution in [1.82, 2.24) is 4.72 Å². The molecule has 140 valence electrons. The number of carbonyl (C=O) groups is 1. The number of hydrogen-bond donors (Lipinski definition) is 2. The first-order chi connectivity index (χ1) is 12.3. The van der Waals surface area contributed by atoms with Gasteiger partial charge in [-0.1, -0.05) is 36.8 Å². The molecule has 26 heavy (non-hydrogen) atoms. The van der Waals surface area contributed by atoms with Gasteiger partial charge in [0.2, 0.25) is 15.9 Å². The average molecular weight is 393 g/mol. The second-order valence-corrected chi connectivity index (χ2v) is 8.60. The summed E-state index contributed by atoms with van der Waals surface area (Å²) in [5.41, 5.74) is 2.54. The number of carbonyl (C=O) groups excluding carboxylic acids is 1. The number of sulfonamides is 1. The summed E-state index contributed by atoms with van der Waals surface area (Å²) in [6.07, 6.45) is 2.50. The van der Waals surface area contributed by atoms with Crippen molar-refractivity contribution in [2.75, 3.05) is 11.6 Å². The molecular formula is C19H24N2O3S2. The second-order valence-electron chi connectivity index (χ2n) is 6.04. The fraction of sp³-hybridized carbons (Fsp3) is 0.316. The van der Waals surface area contributed by atoms with Crippen LogP contribution >= 0.6 is 11.8 Å². The Morgan fingerprint density at radius 1 is 1.15 bits per heavy atom. The zero-order valence-corrected chi connectivity index (χ0v) is 17.0. The minimum absolute atomic E-state index is 0.129.